The Hall–Kier alpha value is -0.480. The van der Waals surface area contributed by atoms with Crippen LogP contribution in [0, 0.1) is 5.92 Å². The number of rotatable bonds is 4. The number of carbonyl (C=O) groups excluding carboxylic acids is 1. The van der Waals surface area contributed by atoms with Crippen LogP contribution in [0.3, 0.4) is 0 Å². The quantitative estimate of drug-likeness (QED) is 0.626. The van der Waals surface area contributed by atoms with Gasteiger partial charge in [0.15, 0.2) is 0 Å². The normalized spacial score (nSPS) is 12.6. The van der Waals surface area contributed by atoms with Gasteiger partial charge in [0.1, 0.15) is 5.25 Å². The minimum Gasteiger partial charge on any atom is -0.468 e. The third kappa shape index (κ3) is 3.83. The van der Waals surface area contributed by atoms with E-state index in [-0.39, 0.29) is 17.1 Å². The largest absolute Gasteiger partial charge is 0.468 e. The molecule has 0 radical (unpaired) electrons. The Morgan fingerprint density at radius 1 is 1.31 bits per heavy atom. The molecule has 0 spiro atoms. The first-order chi connectivity index (χ1) is 7.54. The molecule has 0 aliphatic carbocycles. The molecule has 4 heteroatoms. The molecule has 0 bridgehead atoms. The van der Waals surface area contributed by atoms with Gasteiger partial charge in [-0.05, 0) is 30.2 Å². The van der Waals surface area contributed by atoms with E-state index in [4.69, 9.17) is 4.74 Å². The molecule has 16 heavy (non-hydrogen) atoms. The molecule has 88 valence electrons. The van der Waals surface area contributed by atoms with Gasteiger partial charge in [0.25, 0.3) is 0 Å². The minimum absolute atomic E-state index is 0.147. The minimum atomic E-state index is -0.164. The summed E-state index contributed by atoms with van der Waals surface area (Å²) < 4.78 is 5.84. The fourth-order valence-electron chi connectivity index (χ4n) is 1.23. The molecular weight excluding hydrogens is 288 g/mol. The maximum Gasteiger partial charge on any atom is 0.319 e. The van der Waals surface area contributed by atoms with Gasteiger partial charge >= 0.3 is 5.97 Å². The number of carbonyl (C=O) groups is 1. The zero-order valence-electron chi connectivity index (χ0n) is 9.57. The van der Waals surface area contributed by atoms with Gasteiger partial charge in [-0.2, -0.15) is 0 Å². The topological polar surface area (TPSA) is 26.3 Å². The third-order valence-corrected chi connectivity index (χ3v) is 4.18. The number of methoxy groups -OCH3 is 1. The summed E-state index contributed by atoms with van der Waals surface area (Å²) in [6.45, 7) is 4.04. The summed E-state index contributed by atoms with van der Waals surface area (Å²) in [6.07, 6.45) is 0. The van der Waals surface area contributed by atoms with Crippen LogP contribution < -0.4 is 0 Å². The molecule has 0 saturated carbocycles. The Labute approximate surface area is 109 Å². The molecule has 0 saturated heterocycles. The van der Waals surface area contributed by atoms with Crippen LogP contribution in [-0.4, -0.2) is 18.3 Å². The van der Waals surface area contributed by atoms with Gasteiger partial charge in [-0.3, -0.25) is 4.79 Å². The van der Waals surface area contributed by atoms with Crippen LogP contribution in [0.1, 0.15) is 13.8 Å². The van der Waals surface area contributed by atoms with E-state index in [9.17, 15) is 4.79 Å². The Morgan fingerprint density at radius 2 is 1.88 bits per heavy atom. The first-order valence-electron chi connectivity index (χ1n) is 5.04. The second-order valence-corrected chi connectivity index (χ2v) is 5.89. The summed E-state index contributed by atoms with van der Waals surface area (Å²) in [4.78, 5) is 12.6. The summed E-state index contributed by atoms with van der Waals surface area (Å²) in [6, 6.07) is 7.92. The first kappa shape index (κ1) is 13.6. The molecule has 2 nitrogen and oxygen atoms in total. The predicted octanol–water partition coefficient (Wildman–Crippen LogP) is 3.74. The number of hydrogen-bond acceptors (Lipinski definition) is 3. The Bertz CT molecular complexity index is 349. The molecule has 0 fully saturated rings. The van der Waals surface area contributed by atoms with E-state index in [1.165, 1.54) is 7.11 Å². The lowest BCUT2D eigenvalue weighted by atomic mass is 10.1. The standard InChI is InChI=1S/C12H15BrO2S/c1-8(2)11(12(14)15-3)16-10-6-4-9(13)5-7-10/h4-8,11H,1-3H3. The van der Waals surface area contributed by atoms with E-state index in [0.29, 0.717) is 0 Å². The van der Waals surface area contributed by atoms with Crippen LogP contribution in [0.25, 0.3) is 0 Å². The zero-order valence-corrected chi connectivity index (χ0v) is 12.0. The van der Waals surface area contributed by atoms with Crippen molar-refractivity contribution in [2.24, 2.45) is 5.92 Å². The number of esters is 1. The average Bonchev–Trinajstić information content (AvgIpc) is 2.27. The zero-order chi connectivity index (χ0) is 12.1. The molecule has 0 aliphatic heterocycles. The fourth-order valence-corrected chi connectivity index (χ4v) is 2.55. The van der Waals surface area contributed by atoms with Gasteiger partial charge in [0.05, 0.1) is 7.11 Å². The number of thioether (sulfide) groups is 1. The van der Waals surface area contributed by atoms with Crippen molar-refractivity contribution < 1.29 is 9.53 Å². The molecule has 0 heterocycles. The van der Waals surface area contributed by atoms with Crippen molar-refractivity contribution in [2.75, 3.05) is 7.11 Å². The van der Waals surface area contributed by atoms with Gasteiger partial charge < -0.3 is 4.74 Å². The smallest absolute Gasteiger partial charge is 0.319 e. The molecule has 0 aliphatic rings. The van der Waals surface area contributed by atoms with E-state index < -0.39 is 0 Å². The van der Waals surface area contributed by atoms with Crippen molar-refractivity contribution in [3.63, 3.8) is 0 Å². The van der Waals surface area contributed by atoms with E-state index in [2.05, 4.69) is 15.9 Å². The number of hydrogen-bond donors (Lipinski definition) is 0. The lowest BCUT2D eigenvalue weighted by Gasteiger charge is -2.17. The summed E-state index contributed by atoms with van der Waals surface area (Å²) in [5, 5.41) is -0.147. The van der Waals surface area contributed by atoms with Gasteiger partial charge in [-0.1, -0.05) is 29.8 Å². The summed E-state index contributed by atoms with van der Waals surface area (Å²) >= 11 is 4.93. The van der Waals surface area contributed by atoms with Crippen molar-refractivity contribution in [1.29, 1.82) is 0 Å². The molecular formula is C12H15BrO2S. The first-order valence-corrected chi connectivity index (χ1v) is 6.72. The second-order valence-electron chi connectivity index (χ2n) is 3.76. The van der Waals surface area contributed by atoms with Crippen LogP contribution in [0.2, 0.25) is 0 Å². The molecule has 1 aromatic rings. The highest BCUT2D eigenvalue weighted by molar-refractivity contribution is 9.10. The van der Waals surface area contributed by atoms with Crippen LogP contribution in [0.4, 0.5) is 0 Å². The molecule has 1 atom stereocenters. The molecule has 1 aromatic carbocycles. The van der Waals surface area contributed by atoms with Crippen molar-refractivity contribution in [3.05, 3.63) is 28.7 Å². The lowest BCUT2D eigenvalue weighted by Crippen LogP contribution is -2.24. The summed E-state index contributed by atoms with van der Waals surface area (Å²) in [7, 11) is 1.43. The highest BCUT2D eigenvalue weighted by atomic mass is 79.9. The SMILES string of the molecule is COC(=O)C(Sc1ccc(Br)cc1)C(C)C. The lowest BCUT2D eigenvalue weighted by molar-refractivity contribution is -0.140. The number of benzene rings is 1. The van der Waals surface area contributed by atoms with E-state index in [1.54, 1.807) is 11.8 Å². The van der Waals surface area contributed by atoms with Crippen LogP contribution >= 0.6 is 27.7 Å². The molecule has 1 rings (SSSR count). The third-order valence-electron chi connectivity index (χ3n) is 2.12. The summed E-state index contributed by atoms with van der Waals surface area (Å²) in [5.41, 5.74) is 0. The number of ether oxygens (including phenoxy) is 1. The Kier molecular flexibility index (Phi) is 5.35. The van der Waals surface area contributed by atoms with Gasteiger partial charge in [0.2, 0.25) is 0 Å². The predicted molar refractivity (Wildman–Crippen MR) is 70.6 cm³/mol. The van der Waals surface area contributed by atoms with Gasteiger partial charge in [-0.25, -0.2) is 0 Å². The van der Waals surface area contributed by atoms with Crippen molar-refractivity contribution in [1.82, 2.24) is 0 Å². The van der Waals surface area contributed by atoms with Crippen LogP contribution in [0.5, 0.6) is 0 Å². The van der Waals surface area contributed by atoms with Crippen molar-refractivity contribution in [3.8, 4) is 0 Å². The maximum absolute atomic E-state index is 11.6. The highest BCUT2D eigenvalue weighted by Gasteiger charge is 2.23. The monoisotopic (exact) mass is 302 g/mol. The maximum atomic E-state index is 11.6. The second kappa shape index (κ2) is 6.30. The Morgan fingerprint density at radius 3 is 2.31 bits per heavy atom. The molecule has 0 amide bonds. The van der Waals surface area contributed by atoms with E-state index >= 15 is 0 Å². The van der Waals surface area contributed by atoms with Gasteiger partial charge in [-0.15, -0.1) is 11.8 Å². The molecule has 0 N–H and O–H groups in total. The van der Waals surface area contributed by atoms with Gasteiger partial charge in [0, 0.05) is 9.37 Å². The number of halogens is 1. The summed E-state index contributed by atoms with van der Waals surface area (Å²) in [5.74, 6) is 0.0871. The average molecular weight is 303 g/mol. The van der Waals surface area contributed by atoms with Crippen LogP contribution in [-0.2, 0) is 9.53 Å². The highest BCUT2D eigenvalue weighted by Crippen LogP contribution is 2.29. The Balaban J connectivity index is 2.75. The van der Waals surface area contributed by atoms with Crippen LogP contribution in [0.15, 0.2) is 33.6 Å². The fraction of sp³-hybridized carbons (Fsp3) is 0.417. The van der Waals surface area contributed by atoms with Crippen molar-refractivity contribution in [2.45, 2.75) is 24.0 Å². The molecule has 1 unspecified atom stereocenters. The van der Waals surface area contributed by atoms with E-state index in [1.807, 2.05) is 38.1 Å². The molecule has 0 aromatic heterocycles. The van der Waals surface area contributed by atoms with Crippen molar-refractivity contribution >= 4 is 33.7 Å². The van der Waals surface area contributed by atoms with E-state index in [0.717, 1.165) is 9.37 Å².